The Hall–Kier alpha value is -3.12. The number of morpholine rings is 1. The fraction of sp³-hybridized carbons (Fsp3) is 0.407. The van der Waals surface area contributed by atoms with E-state index in [-0.39, 0.29) is 12.5 Å². The Morgan fingerprint density at radius 3 is 2.58 bits per heavy atom. The van der Waals surface area contributed by atoms with Crippen molar-refractivity contribution in [2.24, 2.45) is 0 Å². The van der Waals surface area contributed by atoms with Crippen molar-refractivity contribution in [2.75, 3.05) is 32.0 Å². The van der Waals surface area contributed by atoms with Gasteiger partial charge in [-0.2, -0.15) is 0 Å². The normalized spacial score (nSPS) is 17.4. The summed E-state index contributed by atoms with van der Waals surface area (Å²) in [5, 5.41) is 1.21. The number of hydrogen-bond donors (Lipinski definition) is 1. The Morgan fingerprint density at radius 1 is 1.06 bits per heavy atom. The van der Waals surface area contributed by atoms with Crippen LogP contribution < -0.4 is 5.73 Å². The molecule has 0 spiro atoms. The SMILES string of the molecule is Nc1ccc(-c2c(C3CCCCC3)c3ccccc3n2CC(=O)N2CCOCC2)cc1C=O. The maximum Gasteiger partial charge on any atom is 0.242 e. The summed E-state index contributed by atoms with van der Waals surface area (Å²) in [6, 6.07) is 14.1. The number of ether oxygens (including phenoxy) is 1. The lowest BCUT2D eigenvalue weighted by Crippen LogP contribution is -2.42. The van der Waals surface area contributed by atoms with E-state index in [4.69, 9.17) is 10.5 Å². The van der Waals surface area contributed by atoms with Gasteiger partial charge in [-0.25, -0.2) is 0 Å². The fourth-order valence-corrected chi connectivity index (χ4v) is 5.48. The summed E-state index contributed by atoms with van der Waals surface area (Å²) in [7, 11) is 0. The van der Waals surface area contributed by atoms with E-state index in [1.807, 2.05) is 23.1 Å². The monoisotopic (exact) mass is 445 g/mol. The number of amides is 1. The van der Waals surface area contributed by atoms with Crippen molar-refractivity contribution in [1.82, 2.24) is 9.47 Å². The van der Waals surface area contributed by atoms with Crippen molar-refractivity contribution in [3.05, 3.63) is 53.6 Å². The maximum absolute atomic E-state index is 13.3. The fourth-order valence-electron chi connectivity index (χ4n) is 5.48. The number of benzene rings is 2. The van der Waals surface area contributed by atoms with E-state index in [0.717, 1.165) is 35.9 Å². The topological polar surface area (TPSA) is 77.6 Å². The third-order valence-electron chi connectivity index (χ3n) is 7.17. The lowest BCUT2D eigenvalue weighted by Gasteiger charge is -2.28. The van der Waals surface area contributed by atoms with Crippen molar-refractivity contribution >= 4 is 28.8 Å². The van der Waals surface area contributed by atoms with Gasteiger partial charge in [-0.15, -0.1) is 0 Å². The molecule has 2 aliphatic rings. The van der Waals surface area contributed by atoms with E-state index in [1.54, 1.807) is 6.07 Å². The predicted octanol–water partition coefficient (Wildman–Crippen LogP) is 4.61. The molecule has 6 nitrogen and oxygen atoms in total. The number of nitrogen functional groups attached to an aromatic ring is 1. The minimum absolute atomic E-state index is 0.0987. The van der Waals surface area contributed by atoms with Gasteiger partial charge in [0.05, 0.1) is 18.9 Å². The number of hydrogen-bond acceptors (Lipinski definition) is 4. The van der Waals surface area contributed by atoms with Crippen LogP contribution in [0.2, 0.25) is 0 Å². The molecule has 6 heteroatoms. The zero-order valence-corrected chi connectivity index (χ0v) is 19.0. The van der Waals surface area contributed by atoms with Gasteiger partial charge in [0.25, 0.3) is 0 Å². The molecular formula is C27H31N3O3. The highest BCUT2D eigenvalue weighted by molar-refractivity contribution is 5.95. The van der Waals surface area contributed by atoms with Crippen LogP contribution >= 0.6 is 0 Å². The van der Waals surface area contributed by atoms with E-state index < -0.39 is 0 Å². The molecule has 2 N–H and O–H groups in total. The minimum Gasteiger partial charge on any atom is -0.398 e. The number of aromatic nitrogens is 1. The molecular weight excluding hydrogens is 414 g/mol. The molecule has 1 aliphatic heterocycles. The van der Waals surface area contributed by atoms with Crippen LogP contribution in [0, 0.1) is 0 Å². The Labute approximate surface area is 194 Å². The molecule has 0 atom stereocenters. The van der Waals surface area contributed by atoms with Crippen LogP contribution in [0.1, 0.15) is 53.9 Å². The van der Waals surface area contributed by atoms with Crippen molar-refractivity contribution in [2.45, 2.75) is 44.6 Å². The van der Waals surface area contributed by atoms with Gasteiger partial charge < -0.3 is 19.9 Å². The van der Waals surface area contributed by atoms with Gasteiger partial charge >= 0.3 is 0 Å². The first-order chi connectivity index (χ1) is 16.2. The number of fused-ring (bicyclic) bond motifs is 1. The van der Waals surface area contributed by atoms with Crippen LogP contribution in [-0.2, 0) is 16.1 Å². The van der Waals surface area contributed by atoms with Gasteiger partial charge in [-0.1, -0.05) is 43.5 Å². The maximum atomic E-state index is 13.3. The smallest absolute Gasteiger partial charge is 0.242 e. The van der Waals surface area contributed by atoms with E-state index >= 15 is 0 Å². The average molecular weight is 446 g/mol. The Balaban J connectivity index is 1.69. The van der Waals surface area contributed by atoms with Crippen molar-refractivity contribution < 1.29 is 14.3 Å². The number of carbonyl (C=O) groups is 2. The highest BCUT2D eigenvalue weighted by atomic mass is 16.5. The molecule has 1 saturated carbocycles. The van der Waals surface area contributed by atoms with Crippen LogP contribution in [-0.4, -0.2) is 48.0 Å². The summed E-state index contributed by atoms with van der Waals surface area (Å²) in [6.07, 6.45) is 6.82. The Morgan fingerprint density at radius 2 is 1.82 bits per heavy atom. The van der Waals surface area contributed by atoms with Crippen molar-refractivity contribution in [1.29, 1.82) is 0 Å². The van der Waals surface area contributed by atoms with E-state index in [0.29, 0.717) is 43.5 Å². The number of aldehydes is 1. The second-order valence-corrected chi connectivity index (χ2v) is 9.16. The summed E-state index contributed by atoms with van der Waals surface area (Å²) in [6.45, 7) is 2.68. The molecule has 1 aliphatic carbocycles. The van der Waals surface area contributed by atoms with E-state index in [2.05, 4.69) is 22.8 Å². The summed E-state index contributed by atoms with van der Waals surface area (Å²) < 4.78 is 7.60. The van der Waals surface area contributed by atoms with Gasteiger partial charge in [-0.3, -0.25) is 9.59 Å². The molecule has 2 heterocycles. The summed E-state index contributed by atoms with van der Waals surface area (Å²) in [5.41, 5.74) is 11.4. The average Bonchev–Trinajstić information content (AvgIpc) is 3.19. The van der Waals surface area contributed by atoms with Gasteiger partial charge in [0.15, 0.2) is 6.29 Å². The number of nitrogens with two attached hydrogens (primary N) is 1. The quantitative estimate of drug-likeness (QED) is 0.460. The van der Waals surface area contributed by atoms with Gasteiger partial charge in [0, 0.05) is 35.2 Å². The molecule has 0 radical (unpaired) electrons. The number of rotatable bonds is 5. The van der Waals surface area contributed by atoms with Crippen LogP contribution in [0.5, 0.6) is 0 Å². The third-order valence-corrected chi connectivity index (χ3v) is 7.17. The highest BCUT2D eigenvalue weighted by Gasteiger charge is 2.28. The van der Waals surface area contributed by atoms with Crippen molar-refractivity contribution in [3.63, 3.8) is 0 Å². The first-order valence-electron chi connectivity index (χ1n) is 12.0. The molecule has 0 unspecified atom stereocenters. The minimum atomic E-state index is 0.0987. The van der Waals surface area contributed by atoms with Crippen LogP contribution in [0.25, 0.3) is 22.2 Å². The molecule has 1 saturated heterocycles. The van der Waals surface area contributed by atoms with E-state index in [9.17, 15) is 9.59 Å². The second-order valence-electron chi connectivity index (χ2n) is 9.16. The molecule has 5 rings (SSSR count). The number of nitrogens with zero attached hydrogens (tertiary/aromatic N) is 2. The predicted molar refractivity (Wildman–Crippen MR) is 130 cm³/mol. The summed E-state index contributed by atoms with van der Waals surface area (Å²) in [4.78, 5) is 26.9. The van der Waals surface area contributed by atoms with Crippen LogP contribution in [0.15, 0.2) is 42.5 Å². The Kier molecular flexibility index (Phi) is 6.18. The first kappa shape index (κ1) is 21.7. The van der Waals surface area contributed by atoms with Gasteiger partial charge in [0.2, 0.25) is 5.91 Å². The lowest BCUT2D eigenvalue weighted by atomic mass is 9.81. The Bertz CT molecular complexity index is 1170. The second kappa shape index (κ2) is 9.40. The van der Waals surface area contributed by atoms with Crippen molar-refractivity contribution in [3.8, 4) is 11.3 Å². The first-order valence-corrected chi connectivity index (χ1v) is 12.0. The highest BCUT2D eigenvalue weighted by Crippen LogP contribution is 2.44. The molecule has 3 aromatic rings. The summed E-state index contributed by atoms with van der Waals surface area (Å²) >= 11 is 0. The van der Waals surface area contributed by atoms with Crippen LogP contribution in [0.4, 0.5) is 5.69 Å². The molecule has 1 amide bonds. The van der Waals surface area contributed by atoms with Crippen LogP contribution in [0.3, 0.4) is 0 Å². The number of carbonyl (C=O) groups excluding carboxylic acids is 2. The zero-order valence-electron chi connectivity index (χ0n) is 19.0. The van der Waals surface area contributed by atoms with Gasteiger partial charge in [0.1, 0.15) is 6.54 Å². The van der Waals surface area contributed by atoms with Gasteiger partial charge in [-0.05, 0) is 48.1 Å². The summed E-state index contributed by atoms with van der Waals surface area (Å²) in [5.74, 6) is 0.539. The molecule has 172 valence electrons. The standard InChI is InChI=1S/C27H31N3O3/c28-23-11-10-20(16-21(23)18-31)27-26(19-6-2-1-3-7-19)22-8-4-5-9-24(22)30(27)17-25(32)29-12-14-33-15-13-29/h4-5,8-11,16,18-19H,1-3,6-7,12-15,17,28H2. The molecule has 2 aromatic carbocycles. The lowest BCUT2D eigenvalue weighted by molar-refractivity contribution is -0.135. The molecule has 33 heavy (non-hydrogen) atoms. The molecule has 0 bridgehead atoms. The van der Waals surface area contributed by atoms with E-state index in [1.165, 1.54) is 30.2 Å². The zero-order chi connectivity index (χ0) is 22.8. The number of anilines is 1. The molecule has 1 aromatic heterocycles. The molecule has 2 fully saturated rings. The number of para-hydroxylation sites is 1. The third kappa shape index (κ3) is 4.15. The largest absolute Gasteiger partial charge is 0.398 e.